The van der Waals surface area contributed by atoms with Crippen LogP contribution in [0.5, 0.6) is 0 Å². The first kappa shape index (κ1) is 14.3. The minimum absolute atomic E-state index is 0.0936. The highest BCUT2D eigenvalue weighted by molar-refractivity contribution is 5.89. The fourth-order valence-electron chi connectivity index (χ4n) is 1.71. The van der Waals surface area contributed by atoms with Gasteiger partial charge in [0.2, 0.25) is 0 Å². The summed E-state index contributed by atoms with van der Waals surface area (Å²) in [5, 5.41) is 19.7. The van der Waals surface area contributed by atoms with Gasteiger partial charge in [-0.3, -0.25) is 10.1 Å². The van der Waals surface area contributed by atoms with E-state index in [-0.39, 0.29) is 11.3 Å². The highest BCUT2D eigenvalue weighted by Crippen LogP contribution is 2.21. The van der Waals surface area contributed by atoms with Crippen molar-refractivity contribution in [1.29, 1.82) is 5.26 Å². The van der Waals surface area contributed by atoms with Gasteiger partial charge in [0.05, 0.1) is 16.6 Å². The molecule has 0 aliphatic carbocycles. The molecule has 0 atom stereocenters. The second-order valence-corrected chi connectivity index (χ2v) is 4.15. The molecule has 2 aromatic rings. The van der Waals surface area contributed by atoms with Crippen LogP contribution in [-0.4, -0.2) is 4.92 Å². The first-order valence-corrected chi connectivity index (χ1v) is 5.83. The van der Waals surface area contributed by atoms with E-state index in [1.165, 1.54) is 36.4 Å². The van der Waals surface area contributed by atoms with Crippen LogP contribution < -0.4 is 0 Å². The van der Waals surface area contributed by atoms with Gasteiger partial charge in [-0.1, -0.05) is 6.07 Å². The van der Waals surface area contributed by atoms with E-state index in [4.69, 9.17) is 5.26 Å². The van der Waals surface area contributed by atoms with Crippen LogP contribution in [0.25, 0.3) is 11.6 Å². The molecule has 0 spiro atoms. The molecule has 2 aromatic carbocycles. The molecule has 0 unspecified atom stereocenters. The molecule has 0 radical (unpaired) electrons. The molecule has 2 rings (SSSR count). The van der Waals surface area contributed by atoms with Crippen molar-refractivity contribution in [3.63, 3.8) is 0 Å². The standard InChI is InChI=1S/C15H8F2N2O2/c16-14-6-1-10(8-15(14)17)7-12(9-18)11-2-4-13(5-3-11)19(20)21/h1-8H/b12-7+. The van der Waals surface area contributed by atoms with Crippen LogP contribution in [0, 0.1) is 33.1 Å². The molecule has 0 amide bonds. The van der Waals surface area contributed by atoms with E-state index in [1.54, 1.807) is 0 Å². The summed E-state index contributed by atoms with van der Waals surface area (Å²) >= 11 is 0. The maximum absolute atomic E-state index is 13.1. The second kappa shape index (κ2) is 5.92. The van der Waals surface area contributed by atoms with Gasteiger partial charge >= 0.3 is 0 Å². The van der Waals surface area contributed by atoms with Gasteiger partial charge in [-0.25, -0.2) is 8.78 Å². The van der Waals surface area contributed by atoms with Gasteiger partial charge in [0.25, 0.3) is 5.69 Å². The lowest BCUT2D eigenvalue weighted by molar-refractivity contribution is -0.384. The average Bonchev–Trinajstić information content (AvgIpc) is 2.48. The summed E-state index contributed by atoms with van der Waals surface area (Å²) in [6.45, 7) is 0. The summed E-state index contributed by atoms with van der Waals surface area (Å²) in [5.41, 5.74) is 0.872. The molecule has 4 nitrogen and oxygen atoms in total. The van der Waals surface area contributed by atoms with Crippen molar-refractivity contribution in [1.82, 2.24) is 0 Å². The Bertz CT molecular complexity index is 762. The molecular formula is C15H8F2N2O2. The van der Waals surface area contributed by atoms with Crippen molar-refractivity contribution in [3.8, 4) is 6.07 Å². The third-order valence-corrected chi connectivity index (χ3v) is 2.76. The molecule has 0 fully saturated rings. The Hall–Kier alpha value is -3.07. The van der Waals surface area contributed by atoms with Crippen molar-refractivity contribution in [2.45, 2.75) is 0 Å². The van der Waals surface area contributed by atoms with Gasteiger partial charge in [0.15, 0.2) is 11.6 Å². The number of nitro groups is 1. The molecule has 0 bridgehead atoms. The normalized spacial score (nSPS) is 11.0. The van der Waals surface area contributed by atoms with E-state index in [2.05, 4.69) is 0 Å². The maximum atomic E-state index is 13.1. The smallest absolute Gasteiger partial charge is 0.258 e. The first-order valence-electron chi connectivity index (χ1n) is 5.83. The lowest BCUT2D eigenvalue weighted by Crippen LogP contribution is -1.89. The topological polar surface area (TPSA) is 66.9 Å². The third kappa shape index (κ3) is 3.28. The predicted octanol–water partition coefficient (Wildman–Crippen LogP) is 3.94. The SMILES string of the molecule is N#C/C(=C\c1ccc(F)c(F)c1)c1ccc([N+](=O)[O-])cc1. The summed E-state index contributed by atoms with van der Waals surface area (Å²) in [7, 11) is 0. The van der Waals surface area contributed by atoms with E-state index in [1.807, 2.05) is 6.07 Å². The summed E-state index contributed by atoms with van der Waals surface area (Å²) in [4.78, 5) is 10.0. The molecule has 104 valence electrons. The van der Waals surface area contributed by atoms with Crippen LogP contribution in [0.4, 0.5) is 14.5 Å². The van der Waals surface area contributed by atoms with Crippen LogP contribution >= 0.6 is 0 Å². The molecule has 21 heavy (non-hydrogen) atoms. The van der Waals surface area contributed by atoms with E-state index < -0.39 is 16.6 Å². The second-order valence-electron chi connectivity index (χ2n) is 4.15. The zero-order chi connectivity index (χ0) is 15.4. The number of hydrogen-bond acceptors (Lipinski definition) is 3. The van der Waals surface area contributed by atoms with E-state index in [0.29, 0.717) is 11.1 Å². The highest BCUT2D eigenvalue weighted by Gasteiger charge is 2.07. The van der Waals surface area contributed by atoms with Crippen LogP contribution in [-0.2, 0) is 0 Å². The summed E-state index contributed by atoms with van der Waals surface area (Å²) in [6.07, 6.45) is 1.38. The summed E-state index contributed by atoms with van der Waals surface area (Å²) < 4.78 is 26.0. The lowest BCUT2D eigenvalue weighted by Gasteiger charge is -2.00. The number of rotatable bonds is 3. The number of hydrogen-bond donors (Lipinski definition) is 0. The van der Waals surface area contributed by atoms with Gasteiger partial charge in [-0.05, 0) is 41.5 Å². The zero-order valence-electron chi connectivity index (χ0n) is 10.6. The van der Waals surface area contributed by atoms with Crippen molar-refractivity contribution in [2.75, 3.05) is 0 Å². The molecule has 0 saturated carbocycles. The number of nitro benzene ring substituents is 1. The maximum Gasteiger partial charge on any atom is 0.269 e. The molecule has 0 saturated heterocycles. The lowest BCUT2D eigenvalue weighted by atomic mass is 10.0. The van der Waals surface area contributed by atoms with Gasteiger partial charge in [-0.2, -0.15) is 5.26 Å². The first-order chi connectivity index (χ1) is 10.0. The fourth-order valence-corrected chi connectivity index (χ4v) is 1.71. The van der Waals surface area contributed by atoms with E-state index in [0.717, 1.165) is 12.1 Å². The Morgan fingerprint density at radius 3 is 2.33 bits per heavy atom. The Kier molecular flexibility index (Phi) is 4.05. The number of nitrogens with zero attached hydrogens (tertiary/aromatic N) is 2. The number of benzene rings is 2. The van der Waals surface area contributed by atoms with Crippen molar-refractivity contribution < 1.29 is 13.7 Å². The van der Waals surface area contributed by atoms with E-state index >= 15 is 0 Å². The quantitative estimate of drug-likeness (QED) is 0.371. The highest BCUT2D eigenvalue weighted by atomic mass is 19.2. The number of halogens is 2. The molecule has 0 aliphatic heterocycles. The van der Waals surface area contributed by atoms with Gasteiger partial charge < -0.3 is 0 Å². The van der Waals surface area contributed by atoms with Crippen LogP contribution in [0.3, 0.4) is 0 Å². The van der Waals surface area contributed by atoms with E-state index in [9.17, 15) is 18.9 Å². The molecular weight excluding hydrogens is 278 g/mol. The number of non-ortho nitro benzene ring substituents is 1. The van der Waals surface area contributed by atoms with Crippen LogP contribution in [0.2, 0.25) is 0 Å². The van der Waals surface area contributed by atoms with Crippen molar-refractivity contribution in [3.05, 3.63) is 75.3 Å². The van der Waals surface area contributed by atoms with Gasteiger partial charge in [0.1, 0.15) is 0 Å². The van der Waals surface area contributed by atoms with Crippen LogP contribution in [0.15, 0.2) is 42.5 Å². The Morgan fingerprint density at radius 1 is 1.14 bits per heavy atom. The number of allylic oxidation sites excluding steroid dienone is 1. The van der Waals surface area contributed by atoms with Crippen molar-refractivity contribution >= 4 is 17.3 Å². The molecule has 0 aromatic heterocycles. The zero-order valence-corrected chi connectivity index (χ0v) is 10.6. The Labute approximate surface area is 118 Å². The predicted molar refractivity (Wildman–Crippen MR) is 72.9 cm³/mol. The fraction of sp³-hybridized carbons (Fsp3) is 0. The van der Waals surface area contributed by atoms with Crippen molar-refractivity contribution in [2.24, 2.45) is 0 Å². The largest absolute Gasteiger partial charge is 0.269 e. The minimum Gasteiger partial charge on any atom is -0.258 e. The summed E-state index contributed by atoms with van der Waals surface area (Å²) in [5.74, 6) is -1.98. The number of nitriles is 1. The van der Waals surface area contributed by atoms with Crippen LogP contribution in [0.1, 0.15) is 11.1 Å². The monoisotopic (exact) mass is 286 g/mol. The molecule has 0 aliphatic rings. The van der Waals surface area contributed by atoms with Gasteiger partial charge in [0, 0.05) is 12.1 Å². The Morgan fingerprint density at radius 2 is 1.81 bits per heavy atom. The van der Waals surface area contributed by atoms with Gasteiger partial charge in [-0.15, -0.1) is 0 Å². The molecule has 0 heterocycles. The molecule has 6 heteroatoms. The average molecular weight is 286 g/mol. The Balaban J connectivity index is 2.39. The minimum atomic E-state index is -1.01. The molecule has 0 N–H and O–H groups in total. The summed E-state index contributed by atoms with van der Waals surface area (Å²) in [6, 6.07) is 10.6. The third-order valence-electron chi connectivity index (χ3n) is 2.76.